The number of thioether (sulfide) groups is 1. The van der Waals surface area contributed by atoms with Crippen LogP contribution in [0.3, 0.4) is 0 Å². The summed E-state index contributed by atoms with van der Waals surface area (Å²) < 4.78 is 0. The molecule has 3 aliphatic rings. The lowest BCUT2D eigenvalue weighted by Gasteiger charge is -2.22. The van der Waals surface area contributed by atoms with Gasteiger partial charge < -0.3 is 5.32 Å². The Hall–Kier alpha value is -0.180. The van der Waals surface area contributed by atoms with E-state index >= 15 is 0 Å². The maximum Gasteiger partial charge on any atom is 0.156 e. The summed E-state index contributed by atoms with van der Waals surface area (Å²) in [6.45, 7) is 9.19. The fourth-order valence-electron chi connectivity index (χ4n) is 3.28. The zero-order valence-corrected chi connectivity index (χ0v) is 13.4. The van der Waals surface area contributed by atoms with Gasteiger partial charge in [0.2, 0.25) is 0 Å². The molecule has 0 saturated heterocycles. The van der Waals surface area contributed by atoms with Gasteiger partial charge in [-0.1, -0.05) is 32.5 Å². The van der Waals surface area contributed by atoms with Crippen LogP contribution in [0.4, 0.5) is 0 Å². The molecule has 1 aliphatic heterocycles. The lowest BCUT2D eigenvalue weighted by molar-refractivity contribution is 0.375. The third-order valence-electron chi connectivity index (χ3n) is 4.50. The predicted molar refractivity (Wildman–Crippen MR) is 84.7 cm³/mol. The minimum absolute atomic E-state index is 0.424. The highest BCUT2D eigenvalue weighted by Crippen LogP contribution is 2.48. The van der Waals surface area contributed by atoms with E-state index in [-0.39, 0.29) is 0 Å². The molecule has 108 valence electrons. The molecule has 1 atom stereocenters. The van der Waals surface area contributed by atoms with E-state index in [1.807, 2.05) is 11.8 Å². The van der Waals surface area contributed by atoms with Gasteiger partial charge in [0.1, 0.15) is 0 Å². The standard InChI is InChI=1S/C16H28N2S/c1-16(2,3)8-13-9-17-15(19-13)18-10-14(11-4-5-11)12-6-7-12/h11-14H,4-10H2,1-3H3,(H,17,18). The highest BCUT2D eigenvalue weighted by atomic mass is 32.2. The van der Waals surface area contributed by atoms with E-state index in [2.05, 4.69) is 26.1 Å². The van der Waals surface area contributed by atoms with Crippen molar-refractivity contribution in [3.8, 4) is 0 Å². The van der Waals surface area contributed by atoms with Gasteiger partial charge in [-0.15, -0.1) is 0 Å². The molecule has 0 aromatic heterocycles. The van der Waals surface area contributed by atoms with Gasteiger partial charge in [-0.05, 0) is 55.3 Å². The molecule has 2 aliphatic carbocycles. The maximum absolute atomic E-state index is 4.70. The Kier molecular flexibility index (Phi) is 3.85. The molecule has 2 saturated carbocycles. The maximum atomic E-state index is 4.70. The van der Waals surface area contributed by atoms with Crippen molar-refractivity contribution < 1.29 is 0 Å². The minimum atomic E-state index is 0.424. The number of nitrogens with zero attached hydrogens (tertiary/aromatic N) is 1. The molecule has 2 nitrogen and oxygen atoms in total. The van der Waals surface area contributed by atoms with E-state index in [1.165, 1.54) is 43.8 Å². The first kappa shape index (κ1) is 13.8. The zero-order valence-electron chi connectivity index (χ0n) is 12.6. The van der Waals surface area contributed by atoms with Crippen LogP contribution in [-0.4, -0.2) is 23.5 Å². The lowest BCUT2D eigenvalue weighted by Crippen LogP contribution is -2.29. The molecular weight excluding hydrogens is 252 g/mol. The molecule has 0 aromatic rings. The molecular formula is C16H28N2S. The molecule has 0 aromatic carbocycles. The molecule has 3 heteroatoms. The van der Waals surface area contributed by atoms with E-state index < -0.39 is 0 Å². The van der Waals surface area contributed by atoms with E-state index in [9.17, 15) is 0 Å². The van der Waals surface area contributed by atoms with Crippen molar-refractivity contribution in [2.45, 2.75) is 58.1 Å². The summed E-state index contributed by atoms with van der Waals surface area (Å²) in [6.07, 6.45) is 7.19. The quantitative estimate of drug-likeness (QED) is 0.825. The summed E-state index contributed by atoms with van der Waals surface area (Å²) in [7, 11) is 0. The number of aliphatic imine (C=N–C) groups is 1. The summed E-state index contributed by atoms with van der Waals surface area (Å²) in [5.74, 6) is 3.03. The van der Waals surface area contributed by atoms with Crippen LogP contribution < -0.4 is 5.32 Å². The monoisotopic (exact) mass is 280 g/mol. The van der Waals surface area contributed by atoms with Crippen LogP contribution in [0.25, 0.3) is 0 Å². The summed E-state index contributed by atoms with van der Waals surface area (Å²) in [5, 5.41) is 5.57. The number of hydrogen-bond acceptors (Lipinski definition) is 3. The van der Waals surface area contributed by atoms with Crippen LogP contribution in [-0.2, 0) is 0 Å². The molecule has 1 unspecified atom stereocenters. The average molecular weight is 280 g/mol. The molecule has 19 heavy (non-hydrogen) atoms. The second kappa shape index (κ2) is 5.31. The molecule has 0 bridgehead atoms. The molecule has 1 N–H and O–H groups in total. The number of nitrogens with one attached hydrogen (secondary N) is 1. The third-order valence-corrected chi connectivity index (χ3v) is 5.65. The van der Waals surface area contributed by atoms with Gasteiger partial charge >= 0.3 is 0 Å². The largest absolute Gasteiger partial charge is 0.365 e. The van der Waals surface area contributed by atoms with Crippen LogP contribution in [0, 0.1) is 23.2 Å². The summed E-state index contributed by atoms with van der Waals surface area (Å²) >= 11 is 1.98. The Bertz CT molecular complexity index is 338. The molecule has 0 radical (unpaired) electrons. The Morgan fingerprint density at radius 1 is 1.21 bits per heavy atom. The Balaban J connectivity index is 1.41. The summed E-state index contributed by atoms with van der Waals surface area (Å²) in [6, 6.07) is 0. The van der Waals surface area contributed by atoms with Crippen molar-refractivity contribution in [2.75, 3.05) is 13.1 Å². The summed E-state index contributed by atoms with van der Waals surface area (Å²) in [5.41, 5.74) is 0.424. The topological polar surface area (TPSA) is 24.4 Å². The van der Waals surface area contributed by atoms with Gasteiger partial charge in [-0.2, -0.15) is 0 Å². The van der Waals surface area contributed by atoms with E-state index in [0.29, 0.717) is 10.7 Å². The zero-order chi connectivity index (χ0) is 13.5. The van der Waals surface area contributed by atoms with E-state index in [1.54, 1.807) is 0 Å². The smallest absolute Gasteiger partial charge is 0.156 e. The van der Waals surface area contributed by atoms with Crippen molar-refractivity contribution in [3.05, 3.63) is 0 Å². The first-order chi connectivity index (χ1) is 9.01. The molecule has 1 heterocycles. The van der Waals surface area contributed by atoms with Crippen LogP contribution in [0.1, 0.15) is 52.9 Å². The Labute approximate surface area is 122 Å². The van der Waals surface area contributed by atoms with Crippen LogP contribution >= 0.6 is 11.8 Å². The van der Waals surface area contributed by atoms with Crippen LogP contribution in [0.5, 0.6) is 0 Å². The van der Waals surface area contributed by atoms with Crippen molar-refractivity contribution in [3.63, 3.8) is 0 Å². The van der Waals surface area contributed by atoms with Crippen molar-refractivity contribution in [1.29, 1.82) is 0 Å². The fourth-order valence-corrected chi connectivity index (χ4v) is 4.64. The van der Waals surface area contributed by atoms with E-state index in [4.69, 9.17) is 4.99 Å². The second-order valence-corrected chi connectivity index (χ2v) is 9.16. The van der Waals surface area contributed by atoms with Gasteiger partial charge in [0.05, 0.1) is 6.54 Å². The SMILES string of the molecule is CC(C)(C)CC1CN=C(NCC(C2CC2)C2CC2)S1. The van der Waals surface area contributed by atoms with Gasteiger partial charge in [0, 0.05) is 11.8 Å². The average Bonchev–Trinajstić information content (AvgIpc) is 3.18. The van der Waals surface area contributed by atoms with Gasteiger partial charge in [-0.25, -0.2) is 0 Å². The summed E-state index contributed by atoms with van der Waals surface area (Å²) in [4.78, 5) is 4.70. The third kappa shape index (κ3) is 4.14. The number of hydrogen-bond donors (Lipinski definition) is 1. The molecule has 3 rings (SSSR count). The van der Waals surface area contributed by atoms with Gasteiger partial charge in [-0.3, -0.25) is 4.99 Å². The van der Waals surface area contributed by atoms with Gasteiger partial charge in [0.25, 0.3) is 0 Å². The van der Waals surface area contributed by atoms with Crippen LogP contribution in [0.2, 0.25) is 0 Å². The minimum Gasteiger partial charge on any atom is -0.365 e. The number of rotatable bonds is 5. The van der Waals surface area contributed by atoms with E-state index in [0.717, 1.165) is 24.3 Å². The highest BCUT2D eigenvalue weighted by Gasteiger charge is 2.41. The molecule has 0 spiro atoms. The fraction of sp³-hybridized carbons (Fsp3) is 0.938. The molecule has 0 amide bonds. The normalized spacial score (nSPS) is 27.8. The lowest BCUT2D eigenvalue weighted by atomic mass is 9.90. The van der Waals surface area contributed by atoms with Crippen LogP contribution in [0.15, 0.2) is 4.99 Å². The van der Waals surface area contributed by atoms with Gasteiger partial charge in [0.15, 0.2) is 5.17 Å². The van der Waals surface area contributed by atoms with Crippen molar-refractivity contribution >= 4 is 16.9 Å². The van der Waals surface area contributed by atoms with Crippen molar-refractivity contribution in [2.24, 2.45) is 28.2 Å². The Morgan fingerprint density at radius 3 is 2.37 bits per heavy atom. The first-order valence-corrected chi connectivity index (χ1v) is 8.84. The Morgan fingerprint density at radius 2 is 1.84 bits per heavy atom. The second-order valence-electron chi connectivity index (χ2n) is 7.87. The molecule has 2 fully saturated rings. The predicted octanol–water partition coefficient (Wildman–Crippen LogP) is 3.92. The highest BCUT2D eigenvalue weighted by molar-refractivity contribution is 8.14. The van der Waals surface area contributed by atoms with Crippen molar-refractivity contribution in [1.82, 2.24) is 5.32 Å². The first-order valence-electron chi connectivity index (χ1n) is 7.96. The number of amidine groups is 1.